The predicted molar refractivity (Wildman–Crippen MR) is 115 cm³/mol. The van der Waals surface area contributed by atoms with Gasteiger partial charge in [0.25, 0.3) is 0 Å². The summed E-state index contributed by atoms with van der Waals surface area (Å²) in [6.07, 6.45) is 4.95. The molecule has 1 amide bonds. The van der Waals surface area contributed by atoms with Gasteiger partial charge in [-0.1, -0.05) is 6.07 Å². The van der Waals surface area contributed by atoms with Gasteiger partial charge >= 0.3 is 6.09 Å². The number of amides is 1. The zero-order valence-corrected chi connectivity index (χ0v) is 19.3. The third-order valence-electron chi connectivity index (χ3n) is 5.94. The first-order chi connectivity index (χ1) is 14.1. The SMILES string of the molecule is Cc1ccc(Br)nc1CC(=O)[C@@H]1C[C@@]2(Cn3cccn3)C[C@H]2N1C(=O)OC(C)(C)C. The zero-order chi connectivity index (χ0) is 21.7. The molecule has 3 heterocycles. The predicted octanol–water partition coefficient (Wildman–Crippen LogP) is 3.93. The first kappa shape index (κ1) is 21.0. The van der Waals surface area contributed by atoms with Gasteiger partial charge in [0.15, 0.2) is 5.78 Å². The van der Waals surface area contributed by atoms with Crippen LogP contribution in [0.4, 0.5) is 4.79 Å². The van der Waals surface area contributed by atoms with Crippen LogP contribution in [0, 0.1) is 12.3 Å². The molecule has 160 valence electrons. The highest BCUT2D eigenvalue weighted by Crippen LogP contribution is 2.61. The molecule has 2 fully saturated rings. The maximum absolute atomic E-state index is 13.3. The summed E-state index contributed by atoms with van der Waals surface area (Å²) in [5, 5.41) is 4.32. The molecule has 0 unspecified atom stereocenters. The van der Waals surface area contributed by atoms with Gasteiger partial charge in [-0.05, 0) is 74.2 Å². The van der Waals surface area contributed by atoms with Crippen LogP contribution in [-0.4, -0.2) is 49.2 Å². The Morgan fingerprint density at radius 3 is 2.73 bits per heavy atom. The highest BCUT2D eigenvalue weighted by atomic mass is 79.9. The fraction of sp³-hybridized carbons (Fsp3) is 0.545. The van der Waals surface area contributed by atoms with Crippen LogP contribution in [0.5, 0.6) is 0 Å². The maximum atomic E-state index is 13.3. The maximum Gasteiger partial charge on any atom is 0.411 e. The van der Waals surface area contributed by atoms with Crippen LogP contribution < -0.4 is 0 Å². The van der Waals surface area contributed by atoms with Gasteiger partial charge in [-0.25, -0.2) is 9.78 Å². The molecule has 0 bridgehead atoms. The van der Waals surface area contributed by atoms with Crippen LogP contribution in [0.15, 0.2) is 35.2 Å². The van der Waals surface area contributed by atoms with Crippen molar-refractivity contribution < 1.29 is 14.3 Å². The number of piperidine rings is 1. The van der Waals surface area contributed by atoms with E-state index >= 15 is 0 Å². The van der Waals surface area contributed by atoms with Crippen LogP contribution in [0.2, 0.25) is 0 Å². The van der Waals surface area contributed by atoms with E-state index < -0.39 is 17.7 Å². The molecule has 3 atom stereocenters. The lowest BCUT2D eigenvalue weighted by Crippen LogP contribution is -2.46. The van der Waals surface area contributed by atoms with Gasteiger partial charge in [0.2, 0.25) is 0 Å². The van der Waals surface area contributed by atoms with E-state index in [0.717, 1.165) is 17.7 Å². The third-order valence-corrected chi connectivity index (χ3v) is 6.38. The van der Waals surface area contributed by atoms with E-state index in [4.69, 9.17) is 4.74 Å². The number of ether oxygens (including phenoxy) is 1. The van der Waals surface area contributed by atoms with Gasteiger partial charge in [0.05, 0.1) is 18.2 Å². The number of carbonyl (C=O) groups excluding carboxylic acids is 2. The van der Waals surface area contributed by atoms with Gasteiger partial charge in [-0.15, -0.1) is 0 Å². The molecule has 7 nitrogen and oxygen atoms in total. The third kappa shape index (κ3) is 4.15. The molecule has 4 rings (SSSR count). The molecule has 2 aromatic rings. The highest BCUT2D eigenvalue weighted by Gasteiger charge is 2.67. The lowest BCUT2D eigenvalue weighted by Gasteiger charge is -2.29. The van der Waals surface area contributed by atoms with Crippen molar-refractivity contribution in [3.63, 3.8) is 0 Å². The van der Waals surface area contributed by atoms with Gasteiger partial charge in [-0.2, -0.15) is 5.10 Å². The fourth-order valence-electron chi connectivity index (χ4n) is 4.43. The first-order valence-electron chi connectivity index (χ1n) is 10.2. The monoisotopic (exact) mass is 474 g/mol. The summed E-state index contributed by atoms with van der Waals surface area (Å²) in [6.45, 7) is 8.17. The van der Waals surface area contributed by atoms with Crippen LogP contribution in [-0.2, 0) is 22.5 Å². The van der Waals surface area contributed by atoms with Crippen molar-refractivity contribution in [1.82, 2.24) is 19.7 Å². The molecule has 2 aliphatic rings. The minimum absolute atomic E-state index is 0.00148. The number of pyridine rings is 1. The number of halogens is 1. The van der Waals surface area contributed by atoms with E-state index in [0.29, 0.717) is 17.6 Å². The number of fused-ring (bicyclic) bond motifs is 1. The van der Waals surface area contributed by atoms with Gasteiger partial charge < -0.3 is 4.74 Å². The fourth-order valence-corrected chi connectivity index (χ4v) is 4.78. The molecule has 0 radical (unpaired) electrons. The Hall–Kier alpha value is -2.22. The average Bonchev–Trinajstić information content (AvgIpc) is 2.99. The second-order valence-electron chi connectivity index (χ2n) is 9.43. The topological polar surface area (TPSA) is 77.3 Å². The number of hydrogen-bond acceptors (Lipinski definition) is 5. The van der Waals surface area contributed by atoms with Crippen molar-refractivity contribution in [1.29, 1.82) is 0 Å². The number of rotatable bonds is 5. The number of aromatic nitrogens is 3. The lowest BCUT2D eigenvalue weighted by molar-refractivity contribution is -0.123. The lowest BCUT2D eigenvalue weighted by atomic mass is 9.95. The smallest absolute Gasteiger partial charge is 0.411 e. The van der Waals surface area contributed by atoms with Crippen LogP contribution >= 0.6 is 15.9 Å². The number of Topliss-reactive ketones (excluding diaryl/α,β-unsaturated/α-hetero) is 1. The van der Waals surface area contributed by atoms with Crippen LogP contribution in [0.3, 0.4) is 0 Å². The number of ketones is 1. The normalized spacial score (nSPS) is 25.2. The molecule has 0 N–H and O–H groups in total. The van der Waals surface area contributed by atoms with Gasteiger partial charge in [0.1, 0.15) is 10.2 Å². The van der Waals surface area contributed by atoms with Crippen LogP contribution in [0.1, 0.15) is 44.9 Å². The molecular weight excluding hydrogens is 448 g/mol. The largest absolute Gasteiger partial charge is 0.444 e. The second kappa shape index (κ2) is 7.48. The number of carbonyl (C=O) groups is 2. The Balaban J connectivity index is 1.58. The zero-order valence-electron chi connectivity index (χ0n) is 17.8. The molecule has 1 aliphatic heterocycles. The second-order valence-corrected chi connectivity index (χ2v) is 10.2. The number of hydrogen-bond donors (Lipinski definition) is 0. The van der Waals surface area contributed by atoms with Crippen LogP contribution in [0.25, 0.3) is 0 Å². The molecule has 30 heavy (non-hydrogen) atoms. The molecule has 1 saturated carbocycles. The molecular formula is C22H27BrN4O3. The number of nitrogens with zero attached hydrogens (tertiary/aromatic N) is 4. The molecule has 0 aromatic carbocycles. The van der Waals surface area contributed by atoms with Crippen molar-refractivity contribution in [2.24, 2.45) is 5.41 Å². The Morgan fingerprint density at radius 1 is 1.30 bits per heavy atom. The number of aryl methyl sites for hydroxylation is 1. The first-order valence-corrected chi connectivity index (χ1v) is 11.0. The Labute approximate surface area is 184 Å². The summed E-state index contributed by atoms with van der Waals surface area (Å²) in [7, 11) is 0. The Morgan fingerprint density at radius 2 is 2.07 bits per heavy atom. The summed E-state index contributed by atoms with van der Waals surface area (Å²) in [6, 6.07) is 5.19. The highest BCUT2D eigenvalue weighted by molar-refractivity contribution is 9.10. The van der Waals surface area contributed by atoms with Crippen molar-refractivity contribution >= 4 is 27.8 Å². The summed E-state index contributed by atoms with van der Waals surface area (Å²) < 4.78 is 8.25. The molecule has 2 aromatic heterocycles. The van der Waals surface area contributed by atoms with Crippen molar-refractivity contribution in [3.8, 4) is 0 Å². The van der Waals surface area contributed by atoms with E-state index in [1.54, 1.807) is 11.1 Å². The van der Waals surface area contributed by atoms with Crippen molar-refractivity contribution in [2.75, 3.05) is 0 Å². The minimum atomic E-state index is -0.616. The number of likely N-dealkylation sites (tertiary alicyclic amines) is 1. The summed E-state index contributed by atoms with van der Waals surface area (Å²) >= 11 is 3.38. The quantitative estimate of drug-likeness (QED) is 0.613. The Kier molecular flexibility index (Phi) is 5.24. The van der Waals surface area contributed by atoms with Crippen molar-refractivity contribution in [2.45, 2.75) is 71.2 Å². The summed E-state index contributed by atoms with van der Waals surface area (Å²) in [5.41, 5.74) is 0.961. The minimum Gasteiger partial charge on any atom is -0.444 e. The molecule has 1 aliphatic carbocycles. The molecule has 8 heteroatoms. The summed E-state index contributed by atoms with van der Waals surface area (Å²) in [4.78, 5) is 32.5. The van der Waals surface area contributed by atoms with E-state index in [1.165, 1.54) is 0 Å². The van der Waals surface area contributed by atoms with E-state index in [1.807, 2.05) is 56.8 Å². The summed E-state index contributed by atoms with van der Waals surface area (Å²) in [5.74, 6) is 0.00148. The van der Waals surface area contributed by atoms with Gasteiger partial charge in [0, 0.05) is 30.4 Å². The van der Waals surface area contributed by atoms with Crippen molar-refractivity contribution in [3.05, 3.63) is 46.5 Å². The molecule has 0 spiro atoms. The standard InChI is InChI=1S/C22H27BrN4O3/c1-14-6-7-19(23)25-15(14)10-17(28)16-11-22(13-26-9-5-8-24-26)12-18(22)27(16)20(29)30-21(2,3)4/h5-9,16,18H,10-13H2,1-4H3/t16-,18+,22-/m0/s1. The van der Waals surface area contributed by atoms with E-state index in [9.17, 15) is 9.59 Å². The average molecular weight is 475 g/mol. The Bertz CT molecular complexity index is 969. The van der Waals surface area contributed by atoms with Gasteiger partial charge in [-0.3, -0.25) is 14.4 Å². The van der Waals surface area contributed by atoms with E-state index in [-0.39, 0.29) is 23.7 Å². The molecule has 1 saturated heterocycles. The van der Waals surface area contributed by atoms with E-state index in [2.05, 4.69) is 26.0 Å².